The molecule has 66 valence electrons. The minimum atomic E-state index is -3.69. The van der Waals surface area contributed by atoms with Crippen LogP contribution in [0.25, 0.3) is 0 Å². The summed E-state index contributed by atoms with van der Waals surface area (Å²) in [5.74, 6) is -0.108. The second-order valence-electron chi connectivity index (χ2n) is 1.64. The van der Waals surface area contributed by atoms with Crippen molar-refractivity contribution in [2.75, 3.05) is 5.75 Å². The molecule has 0 saturated heterocycles. The van der Waals surface area contributed by atoms with E-state index in [1.165, 1.54) is 0 Å². The van der Waals surface area contributed by atoms with Gasteiger partial charge < -0.3 is 0 Å². The Morgan fingerprint density at radius 2 is 1.80 bits per heavy atom. The quantitative estimate of drug-likeness (QED) is 0.568. The molecule has 0 bridgehead atoms. The van der Waals surface area contributed by atoms with E-state index >= 15 is 0 Å². The fourth-order valence-electron chi connectivity index (χ4n) is 0.327. The Morgan fingerprint density at radius 3 is 1.90 bits per heavy atom. The Kier molecular flexibility index (Phi) is 13.2. The van der Waals surface area contributed by atoms with E-state index in [0.29, 0.717) is 6.42 Å². The van der Waals surface area contributed by atoms with Gasteiger partial charge in [-0.2, -0.15) is 8.42 Å². The van der Waals surface area contributed by atoms with Gasteiger partial charge in [0.1, 0.15) is 0 Å². The molecule has 0 amide bonds. The van der Waals surface area contributed by atoms with E-state index in [4.69, 9.17) is 4.55 Å². The molecule has 6 heteroatoms. The van der Waals surface area contributed by atoms with Gasteiger partial charge in [0.2, 0.25) is 0 Å². The third kappa shape index (κ3) is 15.9. The van der Waals surface area contributed by atoms with Crippen molar-refractivity contribution in [3.05, 3.63) is 0 Å². The monoisotopic (exact) mass is 282 g/mol. The molecule has 0 aliphatic rings. The van der Waals surface area contributed by atoms with Gasteiger partial charge in [0.05, 0.1) is 5.75 Å². The van der Waals surface area contributed by atoms with Crippen LogP contribution in [0, 0.1) is 0 Å². The molecule has 0 aliphatic heterocycles. The second-order valence-corrected chi connectivity index (χ2v) is 3.21. The standard InChI is InChI=1S/C4H10O3S.FH.Sb.3H/c1-2-3-4-8(5,6)7;;;;;/h2-4H2,1H3,(H,5,6,7);1H;;;;. The first-order valence-corrected chi connectivity index (χ1v) is 4.12. The van der Waals surface area contributed by atoms with Gasteiger partial charge >= 0.3 is 24.4 Å². The minimum absolute atomic E-state index is 0. The molecule has 0 spiro atoms. The Bertz CT molecular complexity index is 145. The average Bonchev–Trinajstić information content (AvgIpc) is 1.59. The molecule has 0 fully saturated rings. The zero-order chi connectivity index (χ0) is 6.62. The van der Waals surface area contributed by atoms with E-state index in [1.807, 2.05) is 6.92 Å². The summed E-state index contributed by atoms with van der Waals surface area (Å²) in [4.78, 5) is 0. The number of unbranched alkanes of at least 4 members (excludes halogenated alkanes) is 1. The molecule has 10 heavy (non-hydrogen) atoms. The fourth-order valence-corrected chi connectivity index (χ4v) is 0.980. The molecule has 0 saturated carbocycles. The third-order valence-electron chi connectivity index (χ3n) is 0.756. The van der Waals surface area contributed by atoms with Gasteiger partial charge in [-0.1, -0.05) is 13.3 Å². The molecule has 0 aromatic carbocycles. The molecule has 3 nitrogen and oxygen atoms in total. The Hall–Kier alpha value is 0.658. The van der Waals surface area contributed by atoms with Gasteiger partial charge in [-0.15, -0.1) is 0 Å². The summed E-state index contributed by atoms with van der Waals surface area (Å²) in [5.41, 5.74) is 0. The van der Waals surface area contributed by atoms with Crippen molar-refractivity contribution >= 4 is 34.5 Å². The predicted molar refractivity (Wildman–Crippen MR) is 43.8 cm³/mol. The second kappa shape index (κ2) is 7.76. The van der Waals surface area contributed by atoms with Crippen LogP contribution in [0.5, 0.6) is 0 Å². The maximum atomic E-state index is 9.95. The summed E-state index contributed by atoms with van der Waals surface area (Å²) in [5, 5.41) is 0. The molecule has 0 unspecified atom stereocenters. The van der Waals surface area contributed by atoms with Crippen molar-refractivity contribution in [3.8, 4) is 0 Å². The maximum absolute atomic E-state index is 9.95. The van der Waals surface area contributed by atoms with E-state index in [1.54, 1.807) is 0 Å². The van der Waals surface area contributed by atoms with Gasteiger partial charge in [-0.25, -0.2) is 0 Å². The molecule has 0 aliphatic carbocycles. The average molecular weight is 283 g/mol. The third-order valence-corrected chi connectivity index (χ3v) is 1.56. The van der Waals surface area contributed by atoms with Crippen molar-refractivity contribution in [2.45, 2.75) is 19.8 Å². The van der Waals surface area contributed by atoms with Crippen LogP contribution in [-0.2, 0) is 10.1 Å². The van der Waals surface area contributed by atoms with E-state index in [2.05, 4.69) is 0 Å². The molecule has 0 aromatic heterocycles. The van der Waals surface area contributed by atoms with Gasteiger partial charge in [0.15, 0.2) is 0 Å². The summed E-state index contributed by atoms with van der Waals surface area (Å²) in [6, 6.07) is 0. The molecular weight excluding hydrogens is 269 g/mol. The molecule has 0 atom stereocenters. The molecular formula is C4H14FO3SSb. The molecule has 0 radical (unpaired) electrons. The molecule has 0 aromatic rings. The van der Waals surface area contributed by atoms with E-state index < -0.39 is 10.1 Å². The van der Waals surface area contributed by atoms with Gasteiger partial charge in [-0.05, 0) is 6.42 Å². The Morgan fingerprint density at radius 1 is 1.40 bits per heavy atom. The van der Waals surface area contributed by atoms with Gasteiger partial charge in [-0.3, -0.25) is 9.26 Å². The summed E-state index contributed by atoms with van der Waals surface area (Å²) < 4.78 is 28.0. The Balaban J connectivity index is -0.000000245. The molecule has 0 rings (SSSR count). The number of halogens is 1. The van der Waals surface area contributed by atoms with Crippen LogP contribution in [0.3, 0.4) is 0 Å². The van der Waals surface area contributed by atoms with Crippen LogP contribution in [-0.4, -0.2) is 43.2 Å². The van der Waals surface area contributed by atoms with Gasteiger partial charge in [0, 0.05) is 0 Å². The van der Waals surface area contributed by atoms with Crippen molar-refractivity contribution in [1.82, 2.24) is 0 Å². The van der Waals surface area contributed by atoms with Crippen LogP contribution in [0.1, 0.15) is 19.8 Å². The van der Waals surface area contributed by atoms with Crippen LogP contribution in [0.15, 0.2) is 0 Å². The normalized spacial score (nSPS) is 9.40. The number of hydrogen-bond acceptors (Lipinski definition) is 2. The van der Waals surface area contributed by atoms with Crippen molar-refractivity contribution < 1.29 is 17.7 Å². The van der Waals surface area contributed by atoms with Crippen LogP contribution in [0.4, 0.5) is 4.70 Å². The zero-order valence-electron chi connectivity index (χ0n) is 5.91. The van der Waals surface area contributed by atoms with Crippen LogP contribution >= 0.6 is 0 Å². The van der Waals surface area contributed by atoms with E-state index in [9.17, 15) is 8.42 Å². The summed E-state index contributed by atoms with van der Waals surface area (Å²) in [6.45, 7) is 1.87. The zero-order valence-corrected chi connectivity index (χ0v) is 10.8. The van der Waals surface area contributed by atoms with Crippen molar-refractivity contribution in [1.29, 1.82) is 0 Å². The summed E-state index contributed by atoms with van der Waals surface area (Å²) in [7, 11) is -3.69. The first-order valence-electron chi connectivity index (χ1n) is 2.51. The van der Waals surface area contributed by atoms with Crippen molar-refractivity contribution in [2.24, 2.45) is 0 Å². The SMILES string of the molecule is CCCCS(=O)(=O)O.F.[SbH3]. The van der Waals surface area contributed by atoms with Crippen LogP contribution in [0.2, 0.25) is 0 Å². The summed E-state index contributed by atoms with van der Waals surface area (Å²) in [6.07, 6.45) is 1.33. The summed E-state index contributed by atoms with van der Waals surface area (Å²) >= 11 is 0. The van der Waals surface area contributed by atoms with Crippen LogP contribution < -0.4 is 0 Å². The first kappa shape index (κ1) is 17.0. The molecule has 0 heterocycles. The number of rotatable bonds is 3. The first-order chi connectivity index (χ1) is 3.56. The topological polar surface area (TPSA) is 54.4 Å². The van der Waals surface area contributed by atoms with Gasteiger partial charge in [0.25, 0.3) is 10.1 Å². The van der Waals surface area contributed by atoms with Crippen molar-refractivity contribution in [3.63, 3.8) is 0 Å². The fraction of sp³-hybridized carbons (Fsp3) is 1.00. The van der Waals surface area contributed by atoms with E-state index in [0.717, 1.165) is 6.42 Å². The predicted octanol–water partition coefficient (Wildman–Crippen LogP) is -0.357. The number of hydrogen-bond donors (Lipinski definition) is 1. The molecule has 1 N–H and O–H groups in total. The Labute approximate surface area is 77.8 Å². The van der Waals surface area contributed by atoms with E-state index in [-0.39, 0.29) is 34.9 Å².